The number of benzene rings is 1. The van der Waals surface area contributed by atoms with Crippen LogP contribution in [-0.4, -0.2) is 24.7 Å². The van der Waals surface area contributed by atoms with Gasteiger partial charge in [-0.25, -0.2) is 0 Å². The van der Waals surface area contributed by atoms with E-state index in [-0.39, 0.29) is 17.9 Å². The standard InChI is InChI=1S/C20H33NO3.ClH/c1-5-20(3,18-13-12-17(24-4)15-16(18)2)21-14-10-8-6-7-9-11-19(22)23;/h12-13,15,21H,5-11,14H2,1-4H3,(H,22,23);1H. The van der Waals surface area contributed by atoms with Gasteiger partial charge in [0.15, 0.2) is 0 Å². The van der Waals surface area contributed by atoms with Gasteiger partial charge < -0.3 is 15.2 Å². The summed E-state index contributed by atoms with van der Waals surface area (Å²) < 4.78 is 5.30. The van der Waals surface area contributed by atoms with Gasteiger partial charge >= 0.3 is 5.97 Å². The highest BCUT2D eigenvalue weighted by Gasteiger charge is 2.25. The minimum atomic E-state index is -0.690. The molecule has 0 aliphatic heterocycles. The molecule has 5 heteroatoms. The molecule has 0 fully saturated rings. The predicted molar refractivity (Wildman–Crippen MR) is 106 cm³/mol. The van der Waals surface area contributed by atoms with Crippen molar-refractivity contribution in [2.75, 3.05) is 13.7 Å². The Bertz CT molecular complexity index is 522. The summed E-state index contributed by atoms with van der Waals surface area (Å²) in [7, 11) is 1.70. The summed E-state index contributed by atoms with van der Waals surface area (Å²) in [5, 5.41) is 12.3. The average Bonchev–Trinajstić information content (AvgIpc) is 2.56. The number of ether oxygens (including phenoxy) is 1. The fourth-order valence-corrected chi connectivity index (χ4v) is 3.09. The van der Waals surface area contributed by atoms with Gasteiger partial charge in [0.25, 0.3) is 0 Å². The molecule has 0 spiro atoms. The molecule has 4 nitrogen and oxygen atoms in total. The third-order valence-electron chi connectivity index (χ3n) is 4.82. The van der Waals surface area contributed by atoms with Crippen LogP contribution >= 0.6 is 12.4 Å². The largest absolute Gasteiger partial charge is 0.497 e. The summed E-state index contributed by atoms with van der Waals surface area (Å²) in [6.45, 7) is 7.59. The zero-order valence-corrected chi connectivity index (χ0v) is 16.9. The molecule has 1 aromatic rings. The highest BCUT2D eigenvalue weighted by Crippen LogP contribution is 2.29. The lowest BCUT2D eigenvalue weighted by Gasteiger charge is -2.32. The molecule has 144 valence electrons. The number of unbranched alkanes of at least 4 members (excludes halogenated alkanes) is 4. The summed E-state index contributed by atoms with van der Waals surface area (Å²) >= 11 is 0. The van der Waals surface area contributed by atoms with Gasteiger partial charge in [-0.05, 0) is 62.9 Å². The Balaban J connectivity index is 0.00000576. The van der Waals surface area contributed by atoms with Crippen molar-refractivity contribution in [3.8, 4) is 5.75 Å². The fraction of sp³-hybridized carbons (Fsp3) is 0.650. The van der Waals surface area contributed by atoms with E-state index in [1.54, 1.807) is 7.11 Å². The van der Waals surface area contributed by atoms with Crippen LogP contribution in [-0.2, 0) is 10.3 Å². The van der Waals surface area contributed by atoms with Crippen LogP contribution in [0.2, 0.25) is 0 Å². The van der Waals surface area contributed by atoms with Gasteiger partial charge in [-0.2, -0.15) is 0 Å². The zero-order chi connectivity index (χ0) is 18.0. The van der Waals surface area contributed by atoms with E-state index in [0.29, 0.717) is 6.42 Å². The second kappa shape index (κ2) is 12.2. The number of rotatable bonds is 12. The molecule has 1 aromatic carbocycles. The van der Waals surface area contributed by atoms with Crippen LogP contribution in [0.25, 0.3) is 0 Å². The summed E-state index contributed by atoms with van der Waals surface area (Å²) in [6.07, 6.45) is 6.50. The van der Waals surface area contributed by atoms with Crippen molar-refractivity contribution in [1.29, 1.82) is 0 Å². The normalized spacial score (nSPS) is 13.0. The first-order valence-corrected chi connectivity index (χ1v) is 9.05. The molecule has 0 heterocycles. The van der Waals surface area contributed by atoms with Crippen molar-refractivity contribution in [2.24, 2.45) is 0 Å². The number of carboxylic acids is 1. The summed E-state index contributed by atoms with van der Waals surface area (Å²) in [4.78, 5) is 10.5. The third kappa shape index (κ3) is 8.10. The SMILES string of the molecule is CCC(C)(NCCCCCCCC(=O)O)c1ccc(OC)cc1C.Cl. The highest BCUT2D eigenvalue weighted by atomic mass is 35.5. The van der Waals surface area contributed by atoms with E-state index in [0.717, 1.165) is 50.8 Å². The lowest BCUT2D eigenvalue weighted by atomic mass is 9.86. The number of hydrogen-bond acceptors (Lipinski definition) is 3. The summed E-state index contributed by atoms with van der Waals surface area (Å²) in [6, 6.07) is 6.28. The van der Waals surface area contributed by atoms with Crippen LogP contribution in [0.1, 0.15) is 69.9 Å². The third-order valence-corrected chi connectivity index (χ3v) is 4.82. The predicted octanol–water partition coefficient (Wildman–Crippen LogP) is 5.07. The van der Waals surface area contributed by atoms with Crippen molar-refractivity contribution >= 4 is 18.4 Å². The molecule has 25 heavy (non-hydrogen) atoms. The van der Waals surface area contributed by atoms with E-state index in [9.17, 15) is 4.79 Å². The maximum atomic E-state index is 10.5. The molecular weight excluding hydrogens is 338 g/mol. The molecule has 1 rings (SSSR count). The molecule has 0 bridgehead atoms. The van der Waals surface area contributed by atoms with Crippen LogP contribution in [0.4, 0.5) is 0 Å². The maximum Gasteiger partial charge on any atom is 0.303 e. The van der Waals surface area contributed by atoms with Gasteiger partial charge in [0.1, 0.15) is 5.75 Å². The van der Waals surface area contributed by atoms with E-state index >= 15 is 0 Å². The first-order chi connectivity index (χ1) is 11.4. The second-order valence-electron chi connectivity index (χ2n) is 6.70. The molecular formula is C20H34ClNO3. The Labute approximate surface area is 158 Å². The van der Waals surface area contributed by atoms with E-state index in [1.807, 2.05) is 6.07 Å². The number of nitrogens with one attached hydrogen (secondary N) is 1. The van der Waals surface area contributed by atoms with Crippen LogP contribution in [0.5, 0.6) is 5.75 Å². The van der Waals surface area contributed by atoms with Crippen molar-refractivity contribution in [2.45, 2.75) is 71.3 Å². The quantitative estimate of drug-likeness (QED) is 0.504. The number of halogens is 1. The molecule has 2 N–H and O–H groups in total. The van der Waals surface area contributed by atoms with Crippen LogP contribution < -0.4 is 10.1 Å². The van der Waals surface area contributed by atoms with Gasteiger partial charge in [-0.3, -0.25) is 4.79 Å². The zero-order valence-electron chi connectivity index (χ0n) is 16.1. The first-order valence-electron chi connectivity index (χ1n) is 9.05. The van der Waals surface area contributed by atoms with E-state index < -0.39 is 5.97 Å². The molecule has 0 saturated carbocycles. The van der Waals surface area contributed by atoms with Crippen LogP contribution in [0.3, 0.4) is 0 Å². The van der Waals surface area contributed by atoms with Gasteiger partial charge in [-0.15, -0.1) is 12.4 Å². The number of carboxylic acid groups (broad SMARTS) is 1. The molecule has 0 aliphatic rings. The number of aryl methyl sites for hydroxylation is 1. The molecule has 0 radical (unpaired) electrons. The van der Waals surface area contributed by atoms with Gasteiger partial charge in [-0.1, -0.05) is 32.3 Å². The number of hydrogen-bond donors (Lipinski definition) is 2. The first kappa shape index (κ1) is 23.7. The molecule has 0 aromatic heterocycles. The van der Waals surface area contributed by atoms with Crippen LogP contribution in [0, 0.1) is 6.92 Å². The monoisotopic (exact) mass is 371 g/mol. The maximum absolute atomic E-state index is 10.5. The van der Waals surface area contributed by atoms with Gasteiger partial charge in [0.05, 0.1) is 7.11 Å². The average molecular weight is 372 g/mol. The Morgan fingerprint density at radius 2 is 1.84 bits per heavy atom. The second-order valence-corrected chi connectivity index (χ2v) is 6.70. The number of methoxy groups -OCH3 is 1. The van der Waals surface area contributed by atoms with Crippen molar-refractivity contribution in [3.63, 3.8) is 0 Å². The molecule has 0 aliphatic carbocycles. The lowest BCUT2D eigenvalue weighted by Crippen LogP contribution is -2.40. The van der Waals surface area contributed by atoms with Crippen molar-refractivity contribution < 1.29 is 14.6 Å². The minimum absolute atomic E-state index is 0. The van der Waals surface area contributed by atoms with Crippen LogP contribution in [0.15, 0.2) is 18.2 Å². The van der Waals surface area contributed by atoms with E-state index in [1.165, 1.54) is 11.1 Å². The Morgan fingerprint density at radius 3 is 2.40 bits per heavy atom. The molecule has 1 atom stereocenters. The van der Waals surface area contributed by atoms with Crippen molar-refractivity contribution in [3.05, 3.63) is 29.3 Å². The molecule has 1 unspecified atom stereocenters. The van der Waals surface area contributed by atoms with E-state index in [2.05, 4.69) is 38.2 Å². The fourth-order valence-electron chi connectivity index (χ4n) is 3.09. The smallest absolute Gasteiger partial charge is 0.303 e. The molecule has 0 saturated heterocycles. The molecule has 0 amide bonds. The minimum Gasteiger partial charge on any atom is -0.497 e. The summed E-state index contributed by atoms with van der Waals surface area (Å²) in [5.74, 6) is 0.210. The van der Waals surface area contributed by atoms with Gasteiger partial charge in [0.2, 0.25) is 0 Å². The lowest BCUT2D eigenvalue weighted by molar-refractivity contribution is -0.137. The number of aliphatic carboxylic acids is 1. The van der Waals surface area contributed by atoms with E-state index in [4.69, 9.17) is 9.84 Å². The Morgan fingerprint density at radius 1 is 1.20 bits per heavy atom. The van der Waals surface area contributed by atoms with Crippen molar-refractivity contribution in [1.82, 2.24) is 5.32 Å². The Hall–Kier alpha value is -1.26. The number of carbonyl (C=O) groups is 1. The Kier molecular flexibility index (Phi) is 11.5. The highest BCUT2D eigenvalue weighted by molar-refractivity contribution is 5.85. The van der Waals surface area contributed by atoms with Gasteiger partial charge in [0, 0.05) is 12.0 Å². The summed E-state index contributed by atoms with van der Waals surface area (Å²) in [5.41, 5.74) is 2.55. The topological polar surface area (TPSA) is 58.6 Å².